The summed E-state index contributed by atoms with van der Waals surface area (Å²) in [7, 11) is 0. The number of alkyl halides is 3. The van der Waals surface area contributed by atoms with Crippen LogP contribution in [0.3, 0.4) is 0 Å². The van der Waals surface area contributed by atoms with Crippen LogP contribution in [-0.2, 0) is 28.7 Å². The smallest absolute Gasteiger partial charge is 0.384 e. The summed E-state index contributed by atoms with van der Waals surface area (Å²) in [6.07, 6.45) is 3.82. The molecule has 0 spiro atoms. The molecule has 3 aliphatic heterocycles. The number of piperidine rings is 1. The second-order valence-electron chi connectivity index (χ2n) is 17.3. The van der Waals surface area contributed by atoms with E-state index in [4.69, 9.17) is 0 Å². The summed E-state index contributed by atoms with van der Waals surface area (Å²) in [5, 5.41) is 10.2. The van der Waals surface area contributed by atoms with Gasteiger partial charge in [0.25, 0.3) is 11.8 Å². The van der Waals surface area contributed by atoms with Gasteiger partial charge in [-0.2, -0.15) is 18.3 Å². The van der Waals surface area contributed by atoms with Crippen LogP contribution < -0.4 is 10.6 Å². The van der Waals surface area contributed by atoms with Crippen molar-refractivity contribution in [2.24, 2.45) is 0 Å². The molecule has 67 heavy (non-hydrogen) atoms. The number of carbonyl (C=O) groups is 5. The summed E-state index contributed by atoms with van der Waals surface area (Å²) in [6, 6.07) is 17.0. The second kappa shape index (κ2) is 20.2. The van der Waals surface area contributed by atoms with Crippen LogP contribution >= 0.6 is 0 Å². The number of hydrogen-bond acceptors (Lipinski definition) is 9. The van der Waals surface area contributed by atoms with Gasteiger partial charge in [-0.3, -0.25) is 33.8 Å². The number of unbranched alkanes of at least 4 members (excludes halogenated alkanes) is 4. The molecule has 3 aliphatic rings. The van der Waals surface area contributed by atoms with Gasteiger partial charge in [0.15, 0.2) is 11.4 Å². The summed E-state index contributed by atoms with van der Waals surface area (Å²) in [6.45, 7) is 8.02. The number of amides is 4. The zero-order valence-electron chi connectivity index (χ0n) is 37.3. The first-order chi connectivity index (χ1) is 32.2. The van der Waals surface area contributed by atoms with E-state index in [2.05, 4.69) is 39.1 Å². The summed E-state index contributed by atoms with van der Waals surface area (Å²) in [5.41, 5.74) is 4.33. The number of halogens is 3. The Hall–Kier alpha value is -7.12. The first kappa shape index (κ1) is 46.4. The molecule has 5 heterocycles. The Morgan fingerprint density at radius 1 is 0.910 bits per heavy atom. The third-order valence-electron chi connectivity index (χ3n) is 12.6. The maximum Gasteiger partial charge on any atom is 0.416 e. The van der Waals surface area contributed by atoms with Gasteiger partial charge in [-0.15, -0.1) is 0 Å². The highest BCUT2D eigenvalue weighted by atomic mass is 19.4. The first-order valence-corrected chi connectivity index (χ1v) is 22.6. The second-order valence-corrected chi connectivity index (χ2v) is 17.3. The molecule has 0 saturated carbocycles. The average molecular weight is 913 g/mol. The number of imidazole rings is 1. The lowest BCUT2D eigenvalue weighted by Crippen LogP contribution is -2.51. The van der Waals surface area contributed by atoms with Gasteiger partial charge >= 0.3 is 6.18 Å². The third-order valence-corrected chi connectivity index (χ3v) is 12.6. The van der Waals surface area contributed by atoms with Gasteiger partial charge in [0.1, 0.15) is 11.7 Å². The number of hydrogen-bond donors (Lipinski definition) is 2. The third kappa shape index (κ3) is 10.6. The predicted octanol–water partition coefficient (Wildman–Crippen LogP) is 7.37. The molecule has 0 aliphatic carbocycles. The van der Waals surface area contributed by atoms with Gasteiger partial charge in [-0.25, -0.2) is 9.50 Å². The van der Waals surface area contributed by atoms with Crippen molar-refractivity contribution >= 4 is 40.7 Å². The normalized spacial score (nSPS) is 16.5. The highest BCUT2D eigenvalue weighted by Gasteiger charge is 2.45. The molecule has 3 aromatic carbocycles. The molecule has 16 heteroatoms. The molecule has 1 atom stereocenters. The van der Waals surface area contributed by atoms with E-state index >= 15 is 0 Å². The van der Waals surface area contributed by atoms with E-state index in [9.17, 15) is 37.1 Å². The molecule has 13 nitrogen and oxygen atoms in total. The molecule has 5 aromatic rings. The fourth-order valence-electron chi connectivity index (χ4n) is 8.85. The first-order valence-electron chi connectivity index (χ1n) is 22.6. The standard InChI is InChI=1S/C51H51F3N8O5/c1-33-14-17-37(30-36(33)19-20-39-31-56-45-12-9-23-57-62(39)45)44(63)29-35-16-18-38(41(28-35)51(52,53)54)32-59-24-26-60(27-25-59)46(64)13-6-4-3-5-7-22-55-42-11-8-10-40-47(42)50(67)61(49(40)66)43-21-15-34(2)58-48(43)65/h8-12,14,16-18,23,28,30-31,43,55H,2-7,13,15,21-22,24-27,29,32H2,1H3,(H,58,65). The summed E-state index contributed by atoms with van der Waals surface area (Å²) in [5.74, 6) is 4.48. The van der Waals surface area contributed by atoms with Crippen molar-refractivity contribution < 1.29 is 37.1 Å². The number of fused-ring (bicyclic) bond motifs is 2. The molecular weight excluding hydrogens is 862 g/mol. The Balaban J connectivity index is 0.757. The zero-order valence-corrected chi connectivity index (χ0v) is 37.3. The predicted molar refractivity (Wildman–Crippen MR) is 245 cm³/mol. The number of nitrogens with zero attached hydrogens (tertiary/aromatic N) is 6. The van der Waals surface area contributed by atoms with Gasteiger partial charge in [0.2, 0.25) is 11.8 Å². The number of carbonyl (C=O) groups excluding carboxylic acids is 5. The van der Waals surface area contributed by atoms with Gasteiger partial charge in [-0.1, -0.05) is 62.1 Å². The minimum absolute atomic E-state index is 0.0325. The Morgan fingerprint density at radius 2 is 1.70 bits per heavy atom. The lowest BCUT2D eigenvalue weighted by Gasteiger charge is -2.35. The van der Waals surface area contributed by atoms with Crippen molar-refractivity contribution in [2.45, 2.75) is 83.5 Å². The number of ketones is 1. The molecule has 1 unspecified atom stereocenters. The molecule has 2 saturated heterocycles. The molecule has 8 rings (SSSR count). The molecule has 4 amide bonds. The van der Waals surface area contributed by atoms with E-state index in [1.807, 2.05) is 17.9 Å². The van der Waals surface area contributed by atoms with E-state index in [0.29, 0.717) is 85.8 Å². The number of benzene rings is 3. The van der Waals surface area contributed by atoms with E-state index in [-0.39, 0.29) is 46.9 Å². The summed E-state index contributed by atoms with van der Waals surface area (Å²) >= 11 is 0. The lowest BCUT2D eigenvalue weighted by molar-refractivity contribution is -0.138. The number of imide groups is 1. The number of rotatable bonds is 15. The number of nitrogens with one attached hydrogen (secondary N) is 2. The Bertz CT molecular complexity index is 2820. The number of piperazine rings is 1. The Morgan fingerprint density at radius 3 is 2.49 bits per heavy atom. The van der Waals surface area contributed by atoms with Crippen molar-refractivity contribution in [1.29, 1.82) is 0 Å². The minimum atomic E-state index is -4.62. The maximum atomic E-state index is 14.4. The quantitative estimate of drug-likeness (QED) is 0.0476. The van der Waals surface area contributed by atoms with E-state index in [1.165, 1.54) is 6.07 Å². The molecule has 2 fully saturated rings. The van der Waals surface area contributed by atoms with E-state index in [1.54, 1.807) is 70.3 Å². The van der Waals surface area contributed by atoms with Crippen LogP contribution in [0.25, 0.3) is 5.65 Å². The number of anilines is 1. The van der Waals surface area contributed by atoms with Crippen LogP contribution in [0.1, 0.15) is 116 Å². The molecule has 0 radical (unpaired) electrons. The minimum Gasteiger partial charge on any atom is -0.384 e. The summed E-state index contributed by atoms with van der Waals surface area (Å²) < 4.78 is 44.9. The molecule has 0 bridgehead atoms. The summed E-state index contributed by atoms with van der Waals surface area (Å²) in [4.78, 5) is 74.6. The van der Waals surface area contributed by atoms with E-state index in [0.717, 1.165) is 48.6 Å². The zero-order chi connectivity index (χ0) is 47.2. The van der Waals surface area contributed by atoms with E-state index < -0.39 is 35.5 Å². The Labute approximate surface area is 386 Å². The van der Waals surface area contributed by atoms with Crippen LogP contribution in [0.2, 0.25) is 0 Å². The fourth-order valence-corrected chi connectivity index (χ4v) is 8.85. The van der Waals surface area contributed by atoms with Crippen LogP contribution in [0.4, 0.5) is 18.9 Å². The van der Waals surface area contributed by atoms with Crippen LogP contribution in [0.15, 0.2) is 91.4 Å². The van der Waals surface area contributed by atoms with Gasteiger partial charge in [-0.05, 0) is 91.6 Å². The average Bonchev–Trinajstić information content (AvgIpc) is 3.84. The SMILES string of the molecule is C=C1CCC(N2C(=O)c3cccc(NCCCCCCCC(=O)N4CCN(Cc5ccc(CC(=O)c6ccc(C)c(C#Cc7cnc8cccnn78)c6)cc5C(F)(F)F)CC4)c3C2=O)C(=O)N1. The fraction of sp³-hybridized carbons (Fsp3) is 0.353. The van der Waals surface area contributed by atoms with Crippen LogP contribution in [0, 0.1) is 18.8 Å². The van der Waals surface area contributed by atoms with Crippen molar-refractivity contribution in [3.05, 3.63) is 142 Å². The van der Waals surface area contributed by atoms with Crippen molar-refractivity contribution in [3.63, 3.8) is 0 Å². The maximum absolute atomic E-state index is 14.4. The molecule has 2 N–H and O–H groups in total. The lowest BCUT2D eigenvalue weighted by atomic mass is 9.96. The molecule has 346 valence electrons. The number of aryl methyl sites for hydroxylation is 1. The largest absolute Gasteiger partial charge is 0.416 e. The molecule has 2 aromatic heterocycles. The topological polar surface area (TPSA) is 149 Å². The number of allylic oxidation sites excluding steroid dienone is 1. The van der Waals surface area contributed by atoms with Gasteiger partial charge in [0.05, 0.1) is 22.9 Å². The van der Waals surface area contributed by atoms with Crippen LogP contribution in [0.5, 0.6) is 0 Å². The Kier molecular flexibility index (Phi) is 14.0. The van der Waals surface area contributed by atoms with Crippen molar-refractivity contribution in [1.82, 2.24) is 34.6 Å². The number of aromatic nitrogens is 3. The van der Waals surface area contributed by atoms with Crippen molar-refractivity contribution in [2.75, 3.05) is 38.0 Å². The van der Waals surface area contributed by atoms with Crippen LogP contribution in [-0.4, -0.2) is 97.5 Å². The molecular formula is C51H51F3N8O5. The van der Waals surface area contributed by atoms with Gasteiger partial charge in [0, 0.05) is 80.8 Å². The monoisotopic (exact) mass is 912 g/mol. The van der Waals surface area contributed by atoms with Gasteiger partial charge < -0.3 is 15.5 Å². The van der Waals surface area contributed by atoms with Crippen molar-refractivity contribution in [3.8, 4) is 11.8 Å². The highest BCUT2D eigenvalue weighted by molar-refractivity contribution is 6.25. The highest BCUT2D eigenvalue weighted by Crippen LogP contribution is 2.35. The number of Topliss-reactive ketones (excluding diaryl/α,β-unsaturated/α-hetero) is 1.